The van der Waals surface area contributed by atoms with E-state index in [-0.39, 0.29) is 11.2 Å². The second kappa shape index (κ2) is 5.55. The van der Waals surface area contributed by atoms with Gasteiger partial charge < -0.3 is 11.1 Å². The molecule has 5 nitrogen and oxygen atoms in total. The number of aromatic nitrogens is 2. The Labute approximate surface area is 106 Å². The number of thioether (sulfide) groups is 1. The van der Waals surface area contributed by atoms with Crippen LogP contribution in [-0.4, -0.2) is 33.5 Å². The maximum atomic E-state index is 11.4. The van der Waals surface area contributed by atoms with Crippen molar-refractivity contribution in [2.45, 2.75) is 36.0 Å². The Morgan fingerprint density at radius 2 is 2.41 bits per heavy atom. The van der Waals surface area contributed by atoms with Crippen LogP contribution in [0.5, 0.6) is 0 Å². The fourth-order valence-electron chi connectivity index (χ4n) is 1.63. The van der Waals surface area contributed by atoms with Crippen molar-refractivity contribution < 1.29 is 4.79 Å². The number of rotatable bonds is 6. The summed E-state index contributed by atoms with van der Waals surface area (Å²) in [5, 5.41) is 7.38. The number of hydrogen-bond acceptors (Lipinski definition) is 4. The molecule has 0 radical (unpaired) electrons. The van der Waals surface area contributed by atoms with Crippen LogP contribution in [0.4, 0.5) is 0 Å². The van der Waals surface area contributed by atoms with Crippen molar-refractivity contribution in [2.24, 2.45) is 12.8 Å². The van der Waals surface area contributed by atoms with Crippen LogP contribution in [-0.2, 0) is 11.8 Å². The number of primary amides is 1. The van der Waals surface area contributed by atoms with Crippen LogP contribution in [0.2, 0.25) is 0 Å². The molecular weight excluding hydrogens is 236 g/mol. The summed E-state index contributed by atoms with van der Waals surface area (Å²) in [5.41, 5.74) is 4.74. The zero-order valence-electron chi connectivity index (χ0n) is 10.7. The van der Waals surface area contributed by atoms with Crippen LogP contribution in [0, 0.1) is 0 Å². The Hall–Kier alpha value is -1.01. The lowest BCUT2D eigenvalue weighted by Gasteiger charge is -2.28. The summed E-state index contributed by atoms with van der Waals surface area (Å²) in [6.45, 7) is 3.91. The minimum Gasteiger partial charge on any atom is -0.368 e. The van der Waals surface area contributed by atoms with Crippen molar-refractivity contribution in [3.63, 3.8) is 0 Å². The molecule has 0 fully saturated rings. The first kappa shape index (κ1) is 14.1. The van der Waals surface area contributed by atoms with E-state index in [1.807, 2.05) is 26.4 Å². The third-order valence-corrected chi connectivity index (χ3v) is 3.86. The van der Waals surface area contributed by atoms with Gasteiger partial charge in [0.15, 0.2) is 0 Å². The number of hydrogen-bond donors (Lipinski definition) is 2. The summed E-state index contributed by atoms with van der Waals surface area (Å²) in [5.74, 6) is -0.321. The third-order valence-electron chi connectivity index (χ3n) is 2.81. The van der Waals surface area contributed by atoms with Gasteiger partial charge in [-0.2, -0.15) is 5.10 Å². The number of nitrogens with one attached hydrogen (secondary N) is 1. The molecule has 1 aromatic rings. The minimum absolute atomic E-state index is 0.282. The SMILES string of the molecule is CNC(C)(CC(C)Sc1cnn(C)c1)C(N)=O. The quantitative estimate of drug-likeness (QED) is 0.737. The first-order chi connectivity index (χ1) is 7.87. The lowest BCUT2D eigenvalue weighted by Crippen LogP contribution is -2.52. The Kier molecular flexibility index (Phi) is 4.59. The third kappa shape index (κ3) is 3.74. The molecule has 0 aliphatic carbocycles. The normalized spacial score (nSPS) is 16.5. The number of carbonyl (C=O) groups is 1. The molecule has 0 aromatic carbocycles. The van der Waals surface area contributed by atoms with Gasteiger partial charge >= 0.3 is 0 Å². The molecule has 1 heterocycles. The minimum atomic E-state index is -0.658. The zero-order chi connectivity index (χ0) is 13.1. The van der Waals surface area contributed by atoms with E-state index in [0.29, 0.717) is 6.42 Å². The van der Waals surface area contributed by atoms with Gasteiger partial charge in [0.2, 0.25) is 5.91 Å². The fraction of sp³-hybridized carbons (Fsp3) is 0.636. The second-order valence-electron chi connectivity index (χ2n) is 4.43. The average Bonchev–Trinajstić information content (AvgIpc) is 2.63. The fourth-order valence-corrected chi connectivity index (χ4v) is 2.84. The molecule has 0 saturated carbocycles. The molecule has 2 unspecified atom stereocenters. The highest BCUT2D eigenvalue weighted by Gasteiger charge is 2.31. The molecule has 17 heavy (non-hydrogen) atoms. The Morgan fingerprint density at radius 1 is 1.76 bits per heavy atom. The van der Waals surface area contributed by atoms with Gasteiger partial charge in [0.05, 0.1) is 11.7 Å². The highest BCUT2D eigenvalue weighted by atomic mass is 32.2. The van der Waals surface area contributed by atoms with E-state index in [1.54, 1.807) is 23.5 Å². The number of carbonyl (C=O) groups excluding carboxylic acids is 1. The molecule has 96 valence electrons. The van der Waals surface area contributed by atoms with Gasteiger partial charge in [0, 0.05) is 23.4 Å². The van der Waals surface area contributed by atoms with Crippen molar-refractivity contribution >= 4 is 17.7 Å². The van der Waals surface area contributed by atoms with Gasteiger partial charge in [0.25, 0.3) is 0 Å². The number of aryl methyl sites for hydroxylation is 1. The molecule has 1 aromatic heterocycles. The molecule has 0 bridgehead atoms. The van der Waals surface area contributed by atoms with Crippen LogP contribution < -0.4 is 11.1 Å². The summed E-state index contributed by atoms with van der Waals surface area (Å²) in [6, 6.07) is 0. The van der Waals surface area contributed by atoms with E-state index in [9.17, 15) is 4.79 Å². The highest BCUT2D eigenvalue weighted by Crippen LogP contribution is 2.28. The summed E-state index contributed by atoms with van der Waals surface area (Å²) in [7, 11) is 3.64. The van der Waals surface area contributed by atoms with Crippen molar-refractivity contribution in [2.75, 3.05) is 7.05 Å². The second-order valence-corrected chi connectivity index (χ2v) is 5.94. The lowest BCUT2D eigenvalue weighted by molar-refractivity contribution is -0.123. The van der Waals surface area contributed by atoms with E-state index >= 15 is 0 Å². The predicted octanol–water partition coefficient (Wildman–Crippen LogP) is 0.754. The number of nitrogens with zero attached hydrogens (tertiary/aromatic N) is 2. The molecule has 2 atom stereocenters. The van der Waals surface area contributed by atoms with E-state index < -0.39 is 5.54 Å². The van der Waals surface area contributed by atoms with Gasteiger partial charge in [-0.3, -0.25) is 9.48 Å². The lowest BCUT2D eigenvalue weighted by atomic mass is 9.95. The van der Waals surface area contributed by atoms with Crippen LogP contribution in [0.1, 0.15) is 20.3 Å². The maximum Gasteiger partial charge on any atom is 0.237 e. The maximum absolute atomic E-state index is 11.4. The van der Waals surface area contributed by atoms with Crippen LogP contribution in [0.15, 0.2) is 17.3 Å². The van der Waals surface area contributed by atoms with Gasteiger partial charge in [-0.05, 0) is 20.4 Å². The van der Waals surface area contributed by atoms with Gasteiger partial charge in [0.1, 0.15) is 0 Å². The molecule has 6 heteroatoms. The predicted molar refractivity (Wildman–Crippen MR) is 69.8 cm³/mol. The first-order valence-electron chi connectivity index (χ1n) is 5.51. The van der Waals surface area contributed by atoms with E-state index in [2.05, 4.69) is 17.3 Å². The van der Waals surface area contributed by atoms with E-state index in [0.717, 1.165) is 4.90 Å². The molecule has 0 spiro atoms. The summed E-state index contributed by atoms with van der Waals surface area (Å²) in [4.78, 5) is 12.5. The average molecular weight is 256 g/mol. The van der Waals surface area contributed by atoms with Crippen molar-refractivity contribution in [1.29, 1.82) is 0 Å². The molecular formula is C11H20N4OS. The first-order valence-corrected chi connectivity index (χ1v) is 6.39. The van der Waals surface area contributed by atoms with Crippen LogP contribution >= 0.6 is 11.8 Å². The van der Waals surface area contributed by atoms with Gasteiger partial charge in [-0.1, -0.05) is 6.92 Å². The zero-order valence-corrected chi connectivity index (χ0v) is 11.5. The molecule has 3 N–H and O–H groups in total. The topological polar surface area (TPSA) is 72.9 Å². The molecule has 0 saturated heterocycles. The van der Waals surface area contributed by atoms with Crippen LogP contribution in [0.3, 0.4) is 0 Å². The van der Waals surface area contributed by atoms with Gasteiger partial charge in [-0.15, -0.1) is 11.8 Å². The standard InChI is InChI=1S/C11H20N4OS/c1-8(5-11(2,13-3)10(12)16)17-9-6-14-15(4)7-9/h6-8,13H,5H2,1-4H3,(H2,12,16). The van der Waals surface area contributed by atoms with Gasteiger partial charge in [-0.25, -0.2) is 0 Å². The van der Waals surface area contributed by atoms with Crippen molar-refractivity contribution in [1.82, 2.24) is 15.1 Å². The largest absolute Gasteiger partial charge is 0.368 e. The summed E-state index contributed by atoms with van der Waals surface area (Å²) < 4.78 is 1.76. The van der Waals surface area contributed by atoms with E-state index in [4.69, 9.17) is 5.73 Å². The number of nitrogens with two attached hydrogens (primary N) is 1. The highest BCUT2D eigenvalue weighted by molar-refractivity contribution is 7.99. The number of amides is 1. The van der Waals surface area contributed by atoms with E-state index in [1.165, 1.54) is 0 Å². The van der Waals surface area contributed by atoms with Crippen LogP contribution in [0.25, 0.3) is 0 Å². The molecule has 1 rings (SSSR count). The van der Waals surface area contributed by atoms with Crippen molar-refractivity contribution in [3.05, 3.63) is 12.4 Å². The Balaban J connectivity index is 2.59. The summed E-state index contributed by atoms with van der Waals surface area (Å²) in [6.07, 6.45) is 4.46. The van der Waals surface area contributed by atoms with Crippen molar-refractivity contribution in [3.8, 4) is 0 Å². The monoisotopic (exact) mass is 256 g/mol. The number of likely N-dealkylation sites (N-methyl/N-ethyl adjacent to an activating group) is 1. The molecule has 0 aliphatic heterocycles. The Bertz CT molecular complexity index is 393. The summed E-state index contributed by atoms with van der Waals surface area (Å²) >= 11 is 1.69. The molecule has 1 amide bonds. The smallest absolute Gasteiger partial charge is 0.237 e. The molecule has 0 aliphatic rings. The Morgan fingerprint density at radius 3 is 2.82 bits per heavy atom.